The van der Waals surface area contributed by atoms with E-state index < -0.39 is 0 Å². The summed E-state index contributed by atoms with van der Waals surface area (Å²) in [5, 5.41) is 3.73. The SMILES string of the molecule is CCCC(CCC)C(Cc1ccc(CC)cc1)NCC. The fraction of sp³-hybridized carbons (Fsp3) is 0.684. The van der Waals surface area contributed by atoms with Crippen molar-refractivity contribution in [2.24, 2.45) is 5.92 Å². The molecule has 1 atom stereocenters. The van der Waals surface area contributed by atoms with Gasteiger partial charge in [-0.3, -0.25) is 0 Å². The summed E-state index contributed by atoms with van der Waals surface area (Å²) in [6, 6.07) is 9.84. The minimum absolute atomic E-state index is 0.632. The van der Waals surface area contributed by atoms with Crippen LogP contribution < -0.4 is 5.32 Å². The molecule has 0 spiro atoms. The highest BCUT2D eigenvalue weighted by Crippen LogP contribution is 2.21. The van der Waals surface area contributed by atoms with Gasteiger partial charge in [0, 0.05) is 6.04 Å². The maximum atomic E-state index is 3.73. The van der Waals surface area contributed by atoms with Gasteiger partial charge in [-0.25, -0.2) is 0 Å². The molecule has 1 heteroatoms. The molecule has 0 heterocycles. The first-order valence-corrected chi connectivity index (χ1v) is 8.56. The Bertz CT molecular complexity index is 335. The normalized spacial score (nSPS) is 12.8. The van der Waals surface area contributed by atoms with Crippen molar-refractivity contribution in [2.75, 3.05) is 6.54 Å². The lowest BCUT2D eigenvalue weighted by Gasteiger charge is -2.28. The Morgan fingerprint density at radius 3 is 1.85 bits per heavy atom. The lowest BCUT2D eigenvalue weighted by molar-refractivity contribution is 0.312. The number of hydrogen-bond acceptors (Lipinski definition) is 1. The van der Waals surface area contributed by atoms with Gasteiger partial charge in [0.05, 0.1) is 0 Å². The zero-order valence-corrected chi connectivity index (χ0v) is 13.9. The van der Waals surface area contributed by atoms with Crippen LogP contribution in [0.3, 0.4) is 0 Å². The van der Waals surface area contributed by atoms with Crippen LogP contribution in [0.5, 0.6) is 0 Å². The van der Waals surface area contributed by atoms with E-state index in [1.807, 2.05) is 0 Å². The van der Waals surface area contributed by atoms with Crippen LogP contribution in [-0.2, 0) is 12.8 Å². The molecule has 0 saturated heterocycles. The fourth-order valence-electron chi connectivity index (χ4n) is 3.12. The predicted molar refractivity (Wildman–Crippen MR) is 90.3 cm³/mol. The minimum Gasteiger partial charge on any atom is -0.314 e. The van der Waals surface area contributed by atoms with Crippen molar-refractivity contribution in [3.63, 3.8) is 0 Å². The van der Waals surface area contributed by atoms with Crippen LogP contribution in [0.1, 0.15) is 64.5 Å². The monoisotopic (exact) mass is 275 g/mol. The summed E-state index contributed by atoms with van der Waals surface area (Å²) in [4.78, 5) is 0. The maximum Gasteiger partial charge on any atom is 0.0136 e. The van der Waals surface area contributed by atoms with Crippen LogP contribution >= 0.6 is 0 Å². The van der Waals surface area contributed by atoms with Crippen molar-refractivity contribution in [2.45, 2.75) is 72.3 Å². The van der Waals surface area contributed by atoms with Crippen LogP contribution in [0.15, 0.2) is 24.3 Å². The van der Waals surface area contributed by atoms with Gasteiger partial charge in [0.25, 0.3) is 0 Å². The molecular weight excluding hydrogens is 242 g/mol. The summed E-state index contributed by atoms with van der Waals surface area (Å²) in [6.45, 7) is 10.1. The van der Waals surface area contributed by atoms with Crippen molar-refractivity contribution in [1.82, 2.24) is 5.32 Å². The first-order valence-electron chi connectivity index (χ1n) is 8.56. The van der Waals surface area contributed by atoms with Gasteiger partial charge in [-0.05, 0) is 49.3 Å². The topological polar surface area (TPSA) is 12.0 Å². The number of hydrogen-bond donors (Lipinski definition) is 1. The van der Waals surface area contributed by atoms with E-state index in [0.29, 0.717) is 6.04 Å². The van der Waals surface area contributed by atoms with Gasteiger partial charge in [0.15, 0.2) is 0 Å². The average Bonchev–Trinajstić information content (AvgIpc) is 2.47. The fourth-order valence-corrected chi connectivity index (χ4v) is 3.12. The van der Waals surface area contributed by atoms with E-state index in [1.54, 1.807) is 0 Å². The molecule has 114 valence electrons. The van der Waals surface area contributed by atoms with Gasteiger partial charge in [-0.1, -0.05) is 64.8 Å². The Balaban J connectivity index is 2.72. The standard InChI is InChI=1S/C19H33N/c1-5-9-18(10-6-2)19(20-8-4)15-17-13-11-16(7-3)12-14-17/h11-14,18-20H,5-10,15H2,1-4H3. The van der Waals surface area contributed by atoms with Crippen LogP contribution in [0, 0.1) is 5.92 Å². The van der Waals surface area contributed by atoms with E-state index >= 15 is 0 Å². The van der Waals surface area contributed by atoms with Gasteiger partial charge in [0.1, 0.15) is 0 Å². The van der Waals surface area contributed by atoms with Crippen molar-refractivity contribution in [3.05, 3.63) is 35.4 Å². The van der Waals surface area contributed by atoms with Crippen LogP contribution in [0.25, 0.3) is 0 Å². The summed E-state index contributed by atoms with van der Waals surface area (Å²) >= 11 is 0. The van der Waals surface area contributed by atoms with Crippen molar-refractivity contribution < 1.29 is 0 Å². The Hall–Kier alpha value is -0.820. The third kappa shape index (κ3) is 5.66. The van der Waals surface area contributed by atoms with Crippen molar-refractivity contribution in [1.29, 1.82) is 0 Å². The Labute approximate surface area is 126 Å². The smallest absolute Gasteiger partial charge is 0.0136 e. The van der Waals surface area contributed by atoms with Gasteiger partial charge in [-0.15, -0.1) is 0 Å². The summed E-state index contributed by atoms with van der Waals surface area (Å²) in [6.07, 6.45) is 7.58. The molecule has 1 rings (SSSR count). The second kappa shape index (κ2) is 9.99. The number of likely N-dealkylation sites (N-methyl/N-ethyl adjacent to an activating group) is 1. The minimum atomic E-state index is 0.632. The molecule has 1 aromatic rings. The van der Waals surface area contributed by atoms with Gasteiger partial charge >= 0.3 is 0 Å². The lowest BCUT2D eigenvalue weighted by Crippen LogP contribution is -2.38. The molecule has 1 aromatic carbocycles. The number of aryl methyl sites for hydroxylation is 1. The molecule has 1 unspecified atom stereocenters. The van der Waals surface area contributed by atoms with E-state index in [1.165, 1.54) is 43.2 Å². The maximum absolute atomic E-state index is 3.73. The summed E-state index contributed by atoms with van der Waals surface area (Å²) in [5.41, 5.74) is 2.91. The molecule has 0 fully saturated rings. The van der Waals surface area contributed by atoms with E-state index in [4.69, 9.17) is 0 Å². The zero-order valence-electron chi connectivity index (χ0n) is 13.9. The average molecular weight is 275 g/mol. The predicted octanol–water partition coefficient (Wildman–Crippen LogP) is 4.99. The Morgan fingerprint density at radius 1 is 0.850 bits per heavy atom. The molecular formula is C19H33N. The van der Waals surface area contributed by atoms with Crippen LogP contribution in [0.4, 0.5) is 0 Å². The van der Waals surface area contributed by atoms with Gasteiger partial charge in [0.2, 0.25) is 0 Å². The van der Waals surface area contributed by atoms with E-state index in [9.17, 15) is 0 Å². The second-order valence-electron chi connectivity index (χ2n) is 5.88. The second-order valence-corrected chi connectivity index (χ2v) is 5.88. The Kier molecular flexibility index (Phi) is 8.60. The zero-order chi connectivity index (χ0) is 14.8. The summed E-state index contributed by atoms with van der Waals surface area (Å²) < 4.78 is 0. The van der Waals surface area contributed by atoms with Gasteiger partial charge < -0.3 is 5.32 Å². The summed E-state index contributed by atoms with van der Waals surface area (Å²) in [7, 11) is 0. The molecule has 0 aliphatic heterocycles. The number of rotatable bonds is 10. The quantitative estimate of drug-likeness (QED) is 0.634. The molecule has 0 aliphatic rings. The highest BCUT2D eigenvalue weighted by molar-refractivity contribution is 5.23. The van der Waals surface area contributed by atoms with Crippen LogP contribution in [-0.4, -0.2) is 12.6 Å². The molecule has 1 nitrogen and oxygen atoms in total. The third-order valence-electron chi connectivity index (χ3n) is 4.24. The first kappa shape index (κ1) is 17.2. The third-order valence-corrected chi connectivity index (χ3v) is 4.24. The van der Waals surface area contributed by atoms with Crippen LogP contribution in [0.2, 0.25) is 0 Å². The van der Waals surface area contributed by atoms with E-state index in [2.05, 4.69) is 57.3 Å². The number of nitrogens with one attached hydrogen (secondary N) is 1. The van der Waals surface area contributed by atoms with E-state index in [0.717, 1.165) is 18.9 Å². The molecule has 0 aromatic heterocycles. The van der Waals surface area contributed by atoms with Gasteiger partial charge in [-0.2, -0.15) is 0 Å². The van der Waals surface area contributed by atoms with Crippen molar-refractivity contribution in [3.8, 4) is 0 Å². The molecule has 1 N–H and O–H groups in total. The molecule has 0 aliphatic carbocycles. The van der Waals surface area contributed by atoms with Crippen molar-refractivity contribution >= 4 is 0 Å². The molecule has 0 radical (unpaired) electrons. The lowest BCUT2D eigenvalue weighted by atomic mass is 9.86. The van der Waals surface area contributed by atoms with E-state index in [-0.39, 0.29) is 0 Å². The highest BCUT2D eigenvalue weighted by Gasteiger charge is 2.19. The molecule has 20 heavy (non-hydrogen) atoms. The molecule has 0 saturated carbocycles. The highest BCUT2D eigenvalue weighted by atomic mass is 14.9. The number of benzene rings is 1. The largest absolute Gasteiger partial charge is 0.314 e. The Morgan fingerprint density at radius 2 is 1.40 bits per heavy atom. The summed E-state index contributed by atoms with van der Waals surface area (Å²) in [5.74, 6) is 0.816. The first-order chi connectivity index (χ1) is 9.74. The molecule has 0 amide bonds. The molecule has 0 bridgehead atoms.